The van der Waals surface area contributed by atoms with Crippen LogP contribution >= 0.6 is 0 Å². The van der Waals surface area contributed by atoms with Gasteiger partial charge in [0.05, 0.1) is 18.9 Å². The lowest BCUT2D eigenvalue weighted by Gasteiger charge is -2.11. The summed E-state index contributed by atoms with van der Waals surface area (Å²) >= 11 is 0. The minimum absolute atomic E-state index is 0.0271. The Morgan fingerprint density at radius 3 is 2.38 bits per heavy atom. The molecule has 0 aliphatic rings. The van der Waals surface area contributed by atoms with Crippen LogP contribution in [0.4, 0.5) is 5.69 Å². The van der Waals surface area contributed by atoms with E-state index in [1.165, 1.54) is 25.3 Å². The lowest BCUT2D eigenvalue weighted by Crippen LogP contribution is -2.26. The topological polar surface area (TPSA) is 93.5 Å². The van der Waals surface area contributed by atoms with E-state index in [1.54, 1.807) is 24.3 Å². The summed E-state index contributed by atoms with van der Waals surface area (Å²) in [6.45, 7) is 1.94. The van der Waals surface area contributed by atoms with E-state index in [4.69, 9.17) is 4.74 Å². The van der Waals surface area contributed by atoms with Gasteiger partial charge in [-0.3, -0.25) is 9.59 Å². The average molecular weight is 351 g/mol. The smallest absolute Gasteiger partial charge is 0.280 e. The molecule has 1 amide bonds. The van der Waals surface area contributed by atoms with E-state index in [9.17, 15) is 14.7 Å². The van der Waals surface area contributed by atoms with Crippen LogP contribution in [0.25, 0.3) is 5.69 Å². The highest BCUT2D eigenvalue weighted by molar-refractivity contribution is 6.04. The van der Waals surface area contributed by atoms with Crippen LogP contribution in [0.15, 0.2) is 59.4 Å². The van der Waals surface area contributed by atoms with Gasteiger partial charge in [0.15, 0.2) is 11.4 Å². The number of aryl methyl sites for hydroxylation is 1. The van der Waals surface area contributed by atoms with E-state index < -0.39 is 11.5 Å². The molecule has 0 fully saturated rings. The number of aromatic nitrogens is 2. The molecule has 7 heteroatoms. The van der Waals surface area contributed by atoms with Crippen molar-refractivity contribution in [1.82, 2.24) is 9.78 Å². The first-order valence-corrected chi connectivity index (χ1v) is 7.84. The number of amides is 1. The van der Waals surface area contributed by atoms with E-state index in [1.807, 2.05) is 19.1 Å². The first-order chi connectivity index (χ1) is 12.5. The van der Waals surface area contributed by atoms with Crippen LogP contribution in [0, 0.1) is 6.92 Å². The van der Waals surface area contributed by atoms with E-state index in [0.717, 1.165) is 10.2 Å². The van der Waals surface area contributed by atoms with Crippen molar-refractivity contribution in [2.75, 3.05) is 12.4 Å². The Kier molecular flexibility index (Phi) is 4.70. The number of ether oxygens (including phenoxy) is 1. The van der Waals surface area contributed by atoms with Crippen molar-refractivity contribution in [3.8, 4) is 17.2 Å². The monoisotopic (exact) mass is 351 g/mol. The second-order valence-corrected chi connectivity index (χ2v) is 5.65. The number of benzene rings is 2. The Morgan fingerprint density at radius 1 is 1.12 bits per heavy atom. The van der Waals surface area contributed by atoms with Gasteiger partial charge in [-0.1, -0.05) is 17.7 Å². The third-order valence-corrected chi connectivity index (χ3v) is 3.74. The van der Waals surface area contributed by atoms with Crippen molar-refractivity contribution < 1.29 is 14.6 Å². The van der Waals surface area contributed by atoms with Crippen molar-refractivity contribution in [1.29, 1.82) is 0 Å². The van der Waals surface area contributed by atoms with E-state index in [2.05, 4.69) is 10.4 Å². The zero-order valence-electron chi connectivity index (χ0n) is 14.3. The summed E-state index contributed by atoms with van der Waals surface area (Å²) in [5.74, 6) is -0.366. The quantitative estimate of drug-likeness (QED) is 0.705. The Bertz CT molecular complexity index is 993. The molecule has 0 spiro atoms. The maximum absolute atomic E-state index is 12.6. The summed E-state index contributed by atoms with van der Waals surface area (Å²) in [7, 11) is 1.37. The molecule has 7 nitrogen and oxygen atoms in total. The second-order valence-electron chi connectivity index (χ2n) is 5.65. The number of phenols is 1. The Hall–Kier alpha value is -3.61. The number of hydrogen-bond acceptors (Lipinski definition) is 5. The van der Waals surface area contributed by atoms with Gasteiger partial charge in [-0.15, -0.1) is 0 Å². The van der Waals surface area contributed by atoms with Gasteiger partial charge >= 0.3 is 0 Å². The maximum Gasteiger partial charge on any atom is 0.280 e. The summed E-state index contributed by atoms with van der Waals surface area (Å²) in [4.78, 5) is 24.9. The van der Waals surface area contributed by atoms with Crippen LogP contribution in [-0.4, -0.2) is 27.9 Å². The number of hydrogen-bond donors (Lipinski definition) is 2. The SMILES string of the molecule is COc1cc(=O)n(-c2ccc(C)cc2)nc1C(=O)Nc1ccc(O)cc1. The number of carbonyl (C=O) groups excluding carboxylic acids is 1. The molecular weight excluding hydrogens is 334 g/mol. The highest BCUT2D eigenvalue weighted by Gasteiger charge is 2.18. The molecule has 0 saturated heterocycles. The summed E-state index contributed by atoms with van der Waals surface area (Å²) in [5.41, 5.74) is 1.62. The summed E-state index contributed by atoms with van der Waals surface area (Å²) in [6, 6.07) is 14.4. The number of anilines is 1. The normalized spacial score (nSPS) is 10.4. The lowest BCUT2D eigenvalue weighted by molar-refractivity contribution is 0.101. The molecule has 0 radical (unpaired) electrons. The summed E-state index contributed by atoms with van der Waals surface area (Å²) < 4.78 is 6.28. The molecular formula is C19H17N3O4. The standard InChI is InChI=1S/C19H17N3O4/c1-12-3-7-14(8-4-12)22-17(24)11-16(26-2)18(21-22)19(25)20-13-5-9-15(23)10-6-13/h3-11,23H,1-2H3,(H,20,25). The minimum atomic E-state index is -0.534. The number of nitrogens with zero attached hydrogens (tertiary/aromatic N) is 2. The molecule has 3 rings (SSSR count). The second kappa shape index (κ2) is 7.10. The minimum Gasteiger partial charge on any atom is -0.508 e. The van der Waals surface area contributed by atoms with Crippen LogP contribution in [0.3, 0.4) is 0 Å². The molecule has 2 N–H and O–H groups in total. The summed E-state index contributed by atoms with van der Waals surface area (Å²) in [6.07, 6.45) is 0. The molecule has 0 aliphatic heterocycles. The molecule has 1 heterocycles. The van der Waals surface area contributed by atoms with Crippen LogP contribution in [-0.2, 0) is 0 Å². The van der Waals surface area contributed by atoms with E-state index in [0.29, 0.717) is 11.4 Å². The van der Waals surface area contributed by atoms with Gasteiger partial charge in [0, 0.05) is 5.69 Å². The molecule has 1 aromatic heterocycles. The fourth-order valence-electron chi connectivity index (χ4n) is 2.36. The van der Waals surface area contributed by atoms with Crippen molar-refractivity contribution >= 4 is 11.6 Å². The van der Waals surface area contributed by atoms with Crippen molar-refractivity contribution in [2.24, 2.45) is 0 Å². The number of methoxy groups -OCH3 is 1. The zero-order chi connectivity index (χ0) is 18.7. The van der Waals surface area contributed by atoms with Crippen molar-refractivity contribution in [2.45, 2.75) is 6.92 Å². The van der Waals surface area contributed by atoms with Crippen molar-refractivity contribution in [3.63, 3.8) is 0 Å². The molecule has 132 valence electrons. The van der Waals surface area contributed by atoms with Gasteiger partial charge in [-0.05, 0) is 43.3 Å². The third-order valence-electron chi connectivity index (χ3n) is 3.74. The molecule has 3 aromatic rings. The largest absolute Gasteiger partial charge is 0.508 e. The first kappa shape index (κ1) is 17.2. The van der Waals surface area contributed by atoms with Crippen LogP contribution in [0.5, 0.6) is 11.5 Å². The van der Waals surface area contributed by atoms with Crippen LogP contribution in [0.1, 0.15) is 16.1 Å². The number of rotatable bonds is 4. The van der Waals surface area contributed by atoms with Crippen LogP contribution < -0.4 is 15.6 Å². The maximum atomic E-state index is 12.6. The number of nitrogens with one attached hydrogen (secondary N) is 1. The van der Waals surface area contributed by atoms with Gasteiger partial charge in [0.2, 0.25) is 0 Å². The van der Waals surface area contributed by atoms with Crippen molar-refractivity contribution in [3.05, 3.63) is 76.2 Å². The van der Waals surface area contributed by atoms with Gasteiger partial charge < -0.3 is 15.2 Å². The molecule has 0 atom stereocenters. The third kappa shape index (κ3) is 3.56. The zero-order valence-corrected chi connectivity index (χ0v) is 14.3. The average Bonchev–Trinajstić information content (AvgIpc) is 2.64. The molecule has 0 bridgehead atoms. The number of carbonyl (C=O) groups is 1. The highest BCUT2D eigenvalue weighted by Crippen LogP contribution is 2.18. The van der Waals surface area contributed by atoms with Gasteiger partial charge in [-0.25, -0.2) is 0 Å². The molecule has 26 heavy (non-hydrogen) atoms. The molecule has 2 aromatic carbocycles. The molecule has 0 unspecified atom stereocenters. The lowest BCUT2D eigenvalue weighted by atomic mass is 10.2. The van der Waals surface area contributed by atoms with E-state index >= 15 is 0 Å². The predicted molar refractivity (Wildman–Crippen MR) is 97.2 cm³/mol. The number of phenolic OH excluding ortho intramolecular Hbond substituents is 1. The van der Waals surface area contributed by atoms with Gasteiger partial charge in [0.1, 0.15) is 5.75 Å². The van der Waals surface area contributed by atoms with Crippen LogP contribution in [0.2, 0.25) is 0 Å². The summed E-state index contributed by atoms with van der Waals surface area (Å²) in [5, 5.41) is 16.2. The van der Waals surface area contributed by atoms with Gasteiger partial charge in [0.25, 0.3) is 11.5 Å². The Labute approximate surface area is 149 Å². The van der Waals surface area contributed by atoms with E-state index in [-0.39, 0.29) is 17.2 Å². The fourth-order valence-corrected chi connectivity index (χ4v) is 2.36. The fraction of sp³-hybridized carbons (Fsp3) is 0.105. The molecule has 0 aliphatic carbocycles. The highest BCUT2D eigenvalue weighted by atomic mass is 16.5. The molecule has 0 saturated carbocycles. The van der Waals surface area contributed by atoms with Gasteiger partial charge in [-0.2, -0.15) is 9.78 Å². The Balaban J connectivity index is 2.00. The predicted octanol–water partition coefficient (Wildman–Crippen LogP) is 2.51. The number of aromatic hydroxyl groups is 1. The Morgan fingerprint density at radius 2 is 1.77 bits per heavy atom. The first-order valence-electron chi connectivity index (χ1n) is 7.84.